The van der Waals surface area contributed by atoms with Crippen LogP contribution in [0.2, 0.25) is 0 Å². The zero-order chi connectivity index (χ0) is 13.8. The highest BCUT2D eigenvalue weighted by atomic mass is 16.5. The summed E-state index contributed by atoms with van der Waals surface area (Å²) in [6.45, 7) is 4.34. The van der Waals surface area contributed by atoms with Crippen molar-refractivity contribution in [3.63, 3.8) is 0 Å². The molecular formula is C17H20O2. The van der Waals surface area contributed by atoms with Crippen LogP contribution in [0.5, 0.6) is 11.5 Å². The van der Waals surface area contributed by atoms with Crippen LogP contribution in [0, 0.1) is 0 Å². The molecule has 0 saturated heterocycles. The Labute approximate surface area is 115 Å². The summed E-state index contributed by atoms with van der Waals surface area (Å²) in [5.41, 5.74) is 3.47. The van der Waals surface area contributed by atoms with Gasteiger partial charge in [-0.15, -0.1) is 0 Å². The van der Waals surface area contributed by atoms with Gasteiger partial charge in [-0.1, -0.05) is 44.2 Å². The van der Waals surface area contributed by atoms with Crippen LogP contribution in [0.3, 0.4) is 0 Å². The summed E-state index contributed by atoms with van der Waals surface area (Å²) in [4.78, 5) is 0. The molecular weight excluding hydrogens is 236 g/mol. The van der Waals surface area contributed by atoms with Crippen molar-refractivity contribution in [2.45, 2.75) is 19.8 Å². The average molecular weight is 256 g/mol. The van der Waals surface area contributed by atoms with E-state index in [2.05, 4.69) is 26.0 Å². The third kappa shape index (κ3) is 2.58. The van der Waals surface area contributed by atoms with Gasteiger partial charge in [0.05, 0.1) is 14.2 Å². The van der Waals surface area contributed by atoms with Gasteiger partial charge in [-0.05, 0) is 23.6 Å². The van der Waals surface area contributed by atoms with Crippen molar-refractivity contribution < 1.29 is 9.47 Å². The lowest BCUT2D eigenvalue weighted by molar-refractivity contribution is 0.398. The molecule has 0 saturated carbocycles. The van der Waals surface area contributed by atoms with Crippen molar-refractivity contribution in [2.24, 2.45) is 0 Å². The van der Waals surface area contributed by atoms with E-state index >= 15 is 0 Å². The summed E-state index contributed by atoms with van der Waals surface area (Å²) >= 11 is 0. The van der Waals surface area contributed by atoms with Crippen molar-refractivity contribution in [3.8, 4) is 22.6 Å². The minimum absolute atomic E-state index is 0.361. The first-order valence-corrected chi connectivity index (χ1v) is 6.49. The van der Waals surface area contributed by atoms with Gasteiger partial charge in [0.15, 0.2) is 0 Å². The highest BCUT2D eigenvalue weighted by molar-refractivity contribution is 5.77. The van der Waals surface area contributed by atoms with Crippen LogP contribution >= 0.6 is 0 Å². The summed E-state index contributed by atoms with van der Waals surface area (Å²) in [5.74, 6) is 2.16. The Kier molecular flexibility index (Phi) is 4.10. The molecule has 0 bridgehead atoms. The van der Waals surface area contributed by atoms with Gasteiger partial charge in [0, 0.05) is 11.1 Å². The Morgan fingerprint density at radius 1 is 0.789 bits per heavy atom. The molecule has 100 valence electrons. The first kappa shape index (κ1) is 13.5. The van der Waals surface area contributed by atoms with Gasteiger partial charge in [-0.2, -0.15) is 0 Å². The molecule has 0 spiro atoms. The molecule has 0 N–H and O–H groups in total. The maximum atomic E-state index is 5.53. The van der Waals surface area contributed by atoms with Crippen molar-refractivity contribution >= 4 is 0 Å². The highest BCUT2D eigenvalue weighted by Gasteiger charge is 2.18. The van der Waals surface area contributed by atoms with Crippen molar-refractivity contribution in [1.82, 2.24) is 0 Å². The van der Waals surface area contributed by atoms with Gasteiger partial charge >= 0.3 is 0 Å². The molecule has 0 radical (unpaired) electrons. The van der Waals surface area contributed by atoms with Crippen molar-refractivity contribution in [3.05, 3.63) is 48.0 Å². The number of rotatable bonds is 4. The van der Waals surface area contributed by atoms with Gasteiger partial charge in [0.1, 0.15) is 11.5 Å². The van der Waals surface area contributed by atoms with Gasteiger partial charge in [0.2, 0.25) is 0 Å². The monoisotopic (exact) mass is 256 g/mol. The lowest BCUT2D eigenvalue weighted by atomic mass is 9.91. The normalized spacial score (nSPS) is 10.6. The van der Waals surface area contributed by atoms with Crippen LogP contribution in [-0.2, 0) is 0 Å². The molecule has 0 unspecified atom stereocenters. The highest BCUT2D eigenvalue weighted by Crippen LogP contribution is 2.42. The van der Waals surface area contributed by atoms with E-state index in [1.807, 2.05) is 30.3 Å². The van der Waals surface area contributed by atoms with Crippen LogP contribution in [0.25, 0.3) is 11.1 Å². The van der Waals surface area contributed by atoms with E-state index in [1.54, 1.807) is 14.2 Å². The molecule has 0 aliphatic rings. The van der Waals surface area contributed by atoms with Crippen LogP contribution in [0.1, 0.15) is 25.3 Å². The first-order valence-electron chi connectivity index (χ1n) is 6.49. The van der Waals surface area contributed by atoms with Crippen LogP contribution in [0.4, 0.5) is 0 Å². The second-order valence-electron chi connectivity index (χ2n) is 4.78. The molecule has 0 aliphatic carbocycles. The third-order valence-electron chi connectivity index (χ3n) is 3.25. The van der Waals surface area contributed by atoms with Crippen LogP contribution in [-0.4, -0.2) is 14.2 Å². The smallest absolute Gasteiger partial charge is 0.127 e. The second kappa shape index (κ2) is 5.79. The molecule has 0 amide bonds. The topological polar surface area (TPSA) is 18.5 Å². The first-order chi connectivity index (χ1) is 9.19. The zero-order valence-corrected chi connectivity index (χ0v) is 11.9. The summed E-state index contributed by atoms with van der Waals surface area (Å²) in [7, 11) is 3.42. The minimum Gasteiger partial charge on any atom is -0.496 e. The molecule has 2 aromatic carbocycles. The number of hydrogen-bond donors (Lipinski definition) is 0. The predicted octanol–water partition coefficient (Wildman–Crippen LogP) is 4.49. The second-order valence-corrected chi connectivity index (χ2v) is 4.78. The third-order valence-corrected chi connectivity index (χ3v) is 3.25. The quantitative estimate of drug-likeness (QED) is 0.802. The SMILES string of the molecule is COc1ccc(OC)c(C(C)C)c1-c1ccccc1. The van der Waals surface area contributed by atoms with E-state index in [4.69, 9.17) is 9.47 Å². The predicted molar refractivity (Wildman–Crippen MR) is 79.1 cm³/mol. The summed E-state index contributed by atoms with van der Waals surface area (Å²) in [6.07, 6.45) is 0. The van der Waals surface area contributed by atoms with Crippen LogP contribution in [0.15, 0.2) is 42.5 Å². The number of methoxy groups -OCH3 is 2. The Morgan fingerprint density at radius 3 is 1.89 bits per heavy atom. The van der Waals surface area contributed by atoms with Gasteiger partial charge in [-0.25, -0.2) is 0 Å². The Morgan fingerprint density at radius 2 is 1.37 bits per heavy atom. The Hall–Kier alpha value is -1.96. The molecule has 0 aromatic heterocycles. The van der Waals surface area contributed by atoms with E-state index in [9.17, 15) is 0 Å². The van der Waals surface area contributed by atoms with E-state index in [-0.39, 0.29) is 0 Å². The Bertz CT molecular complexity index is 545. The molecule has 0 fully saturated rings. The maximum absolute atomic E-state index is 5.53. The summed E-state index contributed by atoms with van der Waals surface area (Å²) in [6, 6.07) is 14.2. The lowest BCUT2D eigenvalue weighted by Gasteiger charge is -2.20. The lowest BCUT2D eigenvalue weighted by Crippen LogP contribution is -2.00. The van der Waals surface area contributed by atoms with Gasteiger partial charge in [0.25, 0.3) is 0 Å². The minimum atomic E-state index is 0.361. The zero-order valence-electron chi connectivity index (χ0n) is 11.9. The number of hydrogen-bond acceptors (Lipinski definition) is 2. The van der Waals surface area contributed by atoms with E-state index in [0.717, 1.165) is 22.6 Å². The van der Waals surface area contributed by atoms with Gasteiger partial charge in [-0.3, -0.25) is 0 Å². The van der Waals surface area contributed by atoms with Crippen LogP contribution < -0.4 is 9.47 Å². The van der Waals surface area contributed by atoms with E-state index in [0.29, 0.717) is 5.92 Å². The van der Waals surface area contributed by atoms with E-state index in [1.165, 1.54) is 5.56 Å². The largest absolute Gasteiger partial charge is 0.496 e. The number of benzene rings is 2. The molecule has 0 atom stereocenters. The molecule has 2 rings (SSSR count). The standard InChI is InChI=1S/C17H20O2/c1-12(2)16-14(18-3)10-11-15(19-4)17(16)13-8-6-5-7-9-13/h5-12H,1-4H3. The fourth-order valence-electron chi connectivity index (χ4n) is 2.40. The fraction of sp³-hybridized carbons (Fsp3) is 0.294. The molecule has 19 heavy (non-hydrogen) atoms. The average Bonchev–Trinajstić information content (AvgIpc) is 2.46. The van der Waals surface area contributed by atoms with E-state index < -0.39 is 0 Å². The molecule has 0 heterocycles. The maximum Gasteiger partial charge on any atom is 0.127 e. The summed E-state index contributed by atoms with van der Waals surface area (Å²) in [5, 5.41) is 0. The molecule has 0 aliphatic heterocycles. The molecule has 2 heteroatoms. The Balaban J connectivity index is 2.74. The van der Waals surface area contributed by atoms with Gasteiger partial charge < -0.3 is 9.47 Å². The molecule has 2 aromatic rings. The van der Waals surface area contributed by atoms with Crippen molar-refractivity contribution in [2.75, 3.05) is 14.2 Å². The number of ether oxygens (including phenoxy) is 2. The summed E-state index contributed by atoms with van der Waals surface area (Å²) < 4.78 is 11.0. The molecule has 2 nitrogen and oxygen atoms in total. The fourth-order valence-corrected chi connectivity index (χ4v) is 2.40. The van der Waals surface area contributed by atoms with Crippen molar-refractivity contribution in [1.29, 1.82) is 0 Å².